The highest BCUT2D eigenvalue weighted by Gasteiger charge is 2.41. The molecule has 4 nitrogen and oxygen atoms in total. The molecule has 0 N–H and O–H groups in total. The van der Waals surface area contributed by atoms with E-state index in [2.05, 4.69) is 0 Å². The minimum atomic E-state index is -4.49. The monoisotopic (exact) mass is 434 g/mol. The molecule has 3 rings (SSSR count). The van der Waals surface area contributed by atoms with Gasteiger partial charge >= 0.3 is 6.18 Å². The van der Waals surface area contributed by atoms with Crippen LogP contribution in [0.25, 0.3) is 0 Å². The summed E-state index contributed by atoms with van der Waals surface area (Å²) in [7, 11) is 5.33. The maximum atomic E-state index is 13.9. The van der Waals surface area contributed by atoms with Crippen LogP contribution in [0.2, 0.25) is 0 Å². The first kappa shape index (κ1) is 23.1. The van der Waals surface area contributed by atoms with Gasteiger partial charge in [-0.15, -0.1) is 0 Å². The zero-order valence-corrected chi connectivity index (χ0v) is 18.4. The van der Waals surface area contributed by atoms with Crippen molar-refractivity contribution in [1.29, 1.82) is 0 Å². The third-order valence-electron chi connectivity index (χ3n) is 6.00. The minimum absolute atomic E-state index is 0.122. The van der Waals surface area contributed by atoms with Gasteiger partial charge in [0, 0.05) is 24.7 Å². The highest BCUT2D eigenvalue weighted by molar-refractivity contribution is 5.97. The first-order valence-corrected chi connectivity index (χ1v) is 10.5. The number of rotatable bonds is 6. The van der Waals surface area contributed by atoms with Gasteiger partial charge in [-0.05, 0) is 68.2 Å². The zero-order valence-electron chi connectivity index (χ0n) is 18.4. The van der Waals surface area contributed by atoms with Crippen molar-refractivity contribution in [2.75, 3.05) is 39.2 Å². The molecule has 0 saturated heterocycles. The lowest BCUT2D eigenvalue weighted by molar-refractivity contribution is -0.138. The number of likely N-dealkylation sites (N-methyl/N-ethyl adjacent to an activating group) is 1. The Labute approximate surface area is 181 Å². The van der Waals surface area contributed by atoms with Crippen LogP contribution < -0.4 is 9.64 Å². The van der Waals surface area contributed by atoms with Crippen molar-refractivity contribution in [3.05, 3.63) is 59.2 Å². The number of carbonyl (C=O) groups excluding carboxylic acids is 1. The largest absolute Gasteiger partial charge is 0.497 e. The summed E-state index contributed by atoms with van der Waals surface area (Å²) in [6.45, 7) is 2.82. The van der Waals surface area contributed by atoms with E-state index < -0.39 is 17.7 Å². The fourth-order valence-electron chi connectivity index (χ4n) is 4.35. The molecular formula is C24H29F3N2O2. The van der Waals surface area contributed by atoms with E-state index in [0.717, 1.165) is 11.6 Å². The predicted molar refractivity (Wildman–Crippen MR) is 116 cm³/mol. The van der Waals surface area contributed by atoms with E-state index in [0.29, 0.717) is 30.9 Å². The molecular weight excluding hydrogens is 405 g/mol. The number of hydrogen-bond acceptors (Lipinski definition) is 3. The molecule has 168 valence electrons. The van der Waals surface area contributed by atoms with Crippen molar-refractivity contribution in [3.8, 4) is 5.75 Å². The van der Waals surface area contributed by atoms with Gasteiger partial charge in [0.15, 0.2) is 0 Å². The highest BCUT2D eigenvalue weighted by atomic mass is 19.4. The molecule has 0 fully saturated rings. The maximum absolute atomic E-state index is 13.9. The Hall–Kier alpha value is -2.54. The number of methoxy groups -OCH3 is 1. The van der Waals surface area contributed by atoms with Gasteiger partial charge in [0.25, 0.3) is 0 Å². The quantitative estimate of drug-likeness (QED) is 0.643. The predicted octanol–water partition coefficient (Wildman–Crippen LogP) is 4.97. The third kappa shape index (κ3) is 4.87. The first-order valence-electron chi connectivity index (χ1n) is 10.5. The molecule has 0 bridgehead atoms. The summed E-state index contributed by atoms with van der Waals surface area (Å²) in [6.07, 6.45) is -3.79. The number of halogens is 3. The summed E-state index contributed by atoms with van der Waals surface area (Å²) < 4.78 is 47.0. The summed E-state index contributed by atoms with van der Waals surface area (Å²) in [5.41, 5.74) is 0.747. The molecule has 0 spiro atoms. The summed E-state index contributed by atoms with van der Waals surface area (Å²) in [5, 5.41) is 0. The number of amides is 1. The number of nitrogens with zero attached hydrogens (tertiary/aromatic N) is 2. The summed E-state index contributed by atoms with van der Waals surface area (Å²) >= 11 is 0. The number of benzene rings is 2. The number of hydrogen-bond donors (Lipinski definition) is 0. The zero-order chi connectivity index (χ0) is 22.8. The lowest BCUT2D eigenvalue weighted by Crippen LogP contribution is -2.41. The van der Waals surface area contributed by atoms with Gasteiger partial charge in [-0.2, -0.15) is 13.2 Å². The second kappa shape index (κ2) is 9.30. The van der Waals surface area contributed by atoms with E-state index in [1.54, 1.807) is 30.2 Å². The van der Waals surface area contributed by atoms with Crippen LogP contribution in [0, 0.1) is 5.92 Å². The molecule has 1 aliphatic rings. The molecule has 2 aromatic rings. The average molecular weight is 435 g/mol. The Morgan fingerprint density at radius 1 is 1.13 bits per heavy atom. The van der Waals surface area contributed by atoms with Crippen LogP contribution in [0.3, 0.4) is 0 Å². The summed E-state index contributed by atoms with van der Waals surface area (Å²) in [5.74, 6) is -0.219. The molecule has 1 amide bonds. The second-order valence-corrected chi connectivity index (χ2v) is 8.19. The maximum Gasteiger partial charge on any atom is 0.416 e. The van der Waals surface area contributed by atoms with E-state index in [9.17, 15) is 18.0 Å². The Bertz CT molecular complexity index is 910. The lowest BCUT2D eigenvalue weighted by Gasteiger charge is -2.29. The Balaban J connectivity index is 2.16. The Kier molecular flexibility index (Phi) is 6.94. The van der Waals surface area contributed by atoms with E-state index in [1.165, 1.54) is 6.07 Å². The van der Waals surface area contributed by atoms with Crippen molar-refractivity contribution in [3.63, 3.8) is 0 Å². The van der Waals surface area contributed by atoms with Crippen molar-refractivity contribution >= 4 is 11.6 Å². The topological polar surface area (TPSA) is 32.8 Å². The lowest BCUT2D eigenvalue weighted by atomic mass is 9.79. The number of carbonyl (C=O) groups is 1. The van der Waals surface area contributed by atoms with Crippen LogP contribution in [-0.4, -0.2) is 45.1 Å². The molecule has 0 unspecified atom stereocenters. The fraction of sp³-hybridized carbons (Fsp3) is 0.458. The molecule has 1 aliphatic heterocycles. The molecule has 0 aromatic heterocycles. The SMILES string of the molecule is CC[C@@H]1C(=O)N(CCN(C)C)c2cccc(C(F)(F)F)c2C[C@@H]1c1ccc(OC)cc1. The smallest absolute Gasteiger partial charge is 0.416 e. The average Bonchev–Trinajstić information content (AvgIpc) is 2.85. The van der Waals surface area contributed by atoms with Crippen LogP contribution in [-0.2, 0) is 17.4 Å². The molecule has 7 heteroatoms. The molecule has 2 atom stereocenters. The minimum Gasteiger partial charge on any atom is -0.497 e. The normalized spacial score (nSPS) is 19.4. The molecule has 0 saturated carbocycles. The van der Waals surface area contributed by atoms with Crippen molar-refractivity contribution in [2.45, 2.75) is 31.9 Å². The van der Waals surface area contributed by atoms with Crippen LogP contribution in [0.5, 0.6) is 5.75 Å². The number of ether oxygens (including phenoxy) is 1. The van der Waals surface area contributed by atoms with Crippen LogP contribution in [0.15, 0.2) is 42.5 Å². The Morgan fingerprint density at radius 2 is 1.81 bits per heavy atom. The van der Waals surface area contributed by atoms with Crippen LogP contribution >= 0.6 is 0 Å². The molecule has 2 aromatic carbocycles. The second-order valence-electron chi connectivity index (χ2n) is 8.19. The van der Waals surface area contributed by atoms with Gasteiger partial charge in [-0.1, -0.05) is 25.1 Å². The Morgan fingerprint density at radius 3 is 2.35 bits per heavy atom. The number of fused-ring (bicyclic) bond motifs is 1. The third-order valence-corrected chi connectivity index (χ3v) is 6.00. The summed E-state index contributed by atoms with van der Waals surface area (Å²) in [4.78, 5) is 17.1. The van der Waals surface area contributed by atoms with E-state index in [4.69, 9.17) is 4.74 Å². The van der Waals surface area contributed by atoms with Crippen LogP contribution in [0.1, 0.15) is 36.0 Å². The van der Waals surface area contributed by atoms with Gasteiger partial charge in [0.1, 0.15) is 5.75 Å². The first-order chi connectivity index (χ1) is 14.7. The summed E-state index contributed by atoms with van der Waals surface area (Å²) in [6, 6.07) is 11.4. The molecule has 0 aliphatic carbocycles. The molecule has 1 heterocycles. The van der Waals surface area contributed by atoms with Gasteiger partial charge < -0.3 is 14.5 Å². The fourth-order valence-corrected chi connectivity index (χ4v) is 4.35. The number of alkyl halides is 3. The van der Waals surface area contributed by atoms with Gasteiger partial charge in [0.05, 0.1) is 12.7 Å². The molecule has 31 heavy (non-hydrogen) atoms. The number of anilines is 1. The van der Waals surface area contributed by atoms with E-state index in [-0.39, 0.29) is 23.8 Å². The van der Waals surface area contributed by atoms with E-state index >= 15 is 0 Å². The van der Waals surface area contributed by atoms with E-state index in [1.807, 2.05) is 38.1 Å². The van der Waals surface area contributed by atoms with Crippen molar-refractivity contribution in [1.82, 2.24) is 4.90 Å². The van der Waals surface area contributed by atoms with Gasteiger partial charge in [0.2, 0.25) is 5.91 Å². The van der Waals surface area contributed by atoms with Crippen molar-refractivity contribution in [2.24, 2.45) is 5.92 Å². The molecule has 0 radical (unpaired) electrons. The van der Waals surface area contributed by atoms with Gasteiger partial charge in [-0.25, -0.2) is 0 Å². The van der Waals surface area contributed by atoms with Gasteiger partial charge in [-0.3, -0.25) is 4.79 Å². The standard InChI is InChI=1S/C24H29F3N2O2/c1-5-18-19(16-9-11-17(31-4)12-10-16)15-20-21(24(25,26)27)7-6-8-22(20)29(23(18)30)14-13-28(2)3/h6-12,18-19H,5,13-15H2,1-4H3/t18-,19+/m0/s1. The van der Waals surface area contributed by atoms with Crippen molar-refractivity contribution < 1.29 is 22.7 Å². The highest BCUT2D eigenvalue weighted by Crippen LogP contribution is 2.44. The van der Waals surface area contributed by atoms with Crippen LogP contribution in [0.4, 0.5) is 18.9 Å².